The first-order valence-corrected chi connectivity index (χ1v) is 7.23. The van der Waals surface area contributed by atoms with E-state index in [1.807, 2.05) is 6.07 Å². The van der Waals surface area contributed by atoms with Gasteiger partial charge in [-0.1, -0.05) is 0 Å². The van der Waals surface area contributed by atoms with E-state index in [2.05, 4.69) is 44.9 Å². The molecule has 0 N–H and O–H groups in total. The number of hydrogen-bond donors (Lipinski definition) is 0. The summed E-state index contributed by atoms with van der Waals surface area (Å²) in [5.41, 5.74) is 1.03. The van der Waals surface area contributed by atoms with Crippen LogP contribution in [0.5, 0.6) is 5.88 Å². The van der Waals surface area contributed by atoms with Gasteiger partial charge in [0.25, 0.3) is 0 Å². The Morgan fingerprint density at radius 2 is 2.28 bits per heavy atom. The van der Waals surface area contributed by atoms with E-state index in [4.69, 9.17) is 4.74 Å². The fourth-order valence-electron chi connectivity index (χ4n) is 2.63. The molecule has 4 nitrogen and oxygen atoms in total. The van der Waals surface area contributed by atoms with Gasteiger partial charge in [0.1, 0.15) is 0 Å². The first kappa shape index (κ1) is 13.7. The average molecular weight is 314 g/mol. The topological polar surface area (TPSA) is 38.3 Å². The Morgan fingerprint density at radius 3 is 2.89 bits per heavy atom. The van der Waals surface area contributed by atoms with Crippen LogP contribution in [0.2, 0.25) is 0 Å². The lowest BCUT2D eigenvalue weighted by Crippen LogP contribution is -2.36. The van der Waals surface area contributed by atoms with Crippen molar-refractivity contribution in [3.8, 4) is 5.88 Å². The largest absolute Gasteiger partial charge is 0.479 e. The van der Waals surface area contributed by atoms with Crippen LogP contribution in [0.15, 0.2) is 10.5 Å². The normalized spacial score (nSPS) is 20.6. The van der Waals surface area contributed by atoms with Crippen LogP contribution in [0.3, 0.4) is 0 Å². The predicted octanol–water partition coefficient (Wildman–Crippen LogP) is 2.66. The van der Waals surface area contributed by atoms with Crippen molar-refractivity contribution < 1.29 is 4.74 Å². The SMILES string of the molecule is COc1nnc(CC2CCCN2C(C)C)cc1Br. The second-order valence-electron chi connectivity index (χ2n) is 5.02. The minimum absolute atomic E-state index is 0.547. The molecule has 5 heteroatoms. The molecule has 0 spiro atoms. The Balaban J connectivity index is 2.07. The number of rotatable bonds is 4. The van der Waals surface area contributed by atoms with Crippen LogP contribution in [-0.4, -0.2) is 40.8 Å². The molecule has 1 aromatic heterocycles. The quantitative estimate of drug-likeness (QED) is 0.856. The van der Waals surface area contributed by atoms with E-state index in [1.165, 1.54) is 19.4 Å². The van der Waals surface area contributed by atoms with Crippen molar-refractivity contribution >= 4 is 15.9 Å². The first-order chi connectivity index (χ1) is 8.61. The summed E-state index contributed by atoms with van der Waals surface area (Å²) in [6, 6.07) is 3.22. The van der Waals surface area contributed by atoms with E-state index < -0.39 is 0 Å². The summed E-state index contributed by atoms with van der Waals surface area (Å²) in [5, 5.41) is 8.31. The number of hydrogen-bond acceptors (Lipinski definition) is 4. The van der Waals surface area contributed by atoms with Gasteiger partial charge in [0.05, 0.1) is 17.3 Å². The summed E-state index contributed by atoms with van der Waals surface area (Å²) in [7, 11) is 1.60. The van der Waals surface area contributed by atoms with Gasteiger partial charge in [-0.3, -0.25) is 4.90 Å². The minimum Gasteiger partial charge on any atom is -0.479 e. The van der Waals surface area contributed by atoms with E-state index in [9.17, 15) is 0 Å². The molecule has 2 heterocycles. The van der Waals surface area contributed by atoms with Crippen molar-refractivity contribution in [2.45, 2.75) is 45.2 Å². The Morgan fingerprint density at radius 1 is 1.50 bits per heavy atom. The van der Waals surface area contributed by atoms with Gasteiger partial charge in [0.2, 0.25) is 5.88 Å². The van der Waals surface area contributed by atoms with Crippen molar-refractivity contribution in [1.82, 2.24) is 15.1 Å². The lowest BCUT2D eigenvalue weighted by Gasteiger charge is -2.27. The second-order valence-corrected chi connectivity index (χ2v) is 5.88. The van der Waals surface area contributed by atoms with E-state index in [-0.39, 0.29) is 0 Å². The first-order valence-electron chi connectivity index (χ1n) is 6.43. The van der Waals surface area contributed by atoms with Gasteiger partial charge in [-0.05, 0) is 55.2 Å². The summed E-state index contributed by atoms with van der Waals surface area (Å²) in [6.45, 7) is 5.72. The molecular formula is C13H20BrN3O. The maximum absolute atomic E-state index is 5.10. The molecule has 0 aromatic carbocycles. The monoisotopic (exact) mass is 313 g/mol. The standard InChI is InChI=1S/C13H20BrN3O/c1-9(2)17-6-4-5-11(17)7-10-8-12(14)13(18-3)16-15-10/h8-9,11H,4-7H2,1-3H3. The van der Waals surface area contributed by atoms with Gasteiger partial charge in [0, 0.05) is 18.5 Å². The third kappa shape index (κ3) is 3.01. The highest BCUT2D eigenvalue weighted by molar-refractivity contribution is 9.10. The van der Waals surface area contributed by atoms with Crippen molar-refractivity contribution in [2.75, 3.05) is 13.7 Å². The molecule has 1 aromatic rings. The average Bonchev–Trinajstić information content (AvgIpc) is 2.77. The van der Waals surface area contributed by atoms with Crippen LogP contribution in [0, 0.1) is 0 Å². The third-order valence-corrected chi connectivity index (χ3v) is 4.06. The molecule has 0 saturated carbocycles. The van der Waals surface area contributed by atoms with Crippen LogP contribution < -0.4 is 4.74 Å². The van der Waals surface area contributed by atoms with Crippen LogP contribution in [-0.2, 0) is 6.42 Å². The summed E-state index contributed by atoms with van der Waals surface area (Å²) < 4.78 is 5.98. The molecule has 0 aliphatic carbocycles. The van der Waals surface area contributed by atoms with Crippen molar-refractivity contribution in [3.63, 3.8) is 0 Å². The highest BCUT2D eigenvalue weighted by Crippen LogP contribution is 2.25. The Labute approximate surface area is 117 Å². The van der Waals surface area contributed by atoms with E-state index >= 15 is 0 Å². The summed E-state index contributed by atoms with van der Waals surface area (Å²) in [4.78, 5) is 2.56. The molecule has 1 aliphatic heterocycles. The summed E-state index contributed by atoms with van der Waals surface area (Å²) >= 11 is 3.46. The molecule has 18 heavy (non-hydrogen) atoms. The van der Waals surface area contributed by atoms with E-state index in [1.54, 1.807) is 7.11 Å². The molecule has 0 bridgehead atoms. The molecular weight excluding hydrogens is 294 g/mol. The predicted molar refractivity (Wildman–Crippen MR) is 74.9 cm³/mol. The number of likely N-dealkylation sites (tertiary alicyclic amines) is 1. The highest BCUT2D eigenvalue weighted by atomic mass is 79.9. The van der Waals surface area contributed by atoms with E-state index in [0.29, 0.717) is 18.0 Å². The summed E-state index contributed by atoms with van der Waals surface area (Å²) in [5.74, 6) is 0.547. The third-order valence-electron chi connectivity index (χ3n) is 3.49. The molecule has 100 valence electrons. The number of methoxy groups -OCH3 is 1. The summed E-state index contributed by atoms with van der Waals surface area (Å²) in [6.07, 6.45) is 3.50. The van der Waals surface area contributed by atoms with Gasteiger partial charge in [-0.15, -0.1) is 5.10 Å². The molecule has 1 fully saturated rings. The lowest BCUT2D eigenvalue weighted by atomic mass is 10.1. The number of ether oxygens (including phenoxy) is 1. The molecule has 1 unspecified atom stereocenters. The van der Waals surface area contributed by atoms with Crippen molar-refractivity contribution in [1.29, 1.82) is 0 Å². The second kappa shape index (κ2) is 5.97. The fraction of sp³-hybridized carbons (Fsp3) is 0.692. The van der Waals surface area contributed by atoms with Crippen LogP contribution in [0.1, 0.15) is 32.4 Å². The van der Waals surface area contributed by atoms with Gasteiger partial charge < -0.3 is 4.74 Å². The molecule has 1 saturated heterocycles. The zero-order valence-corrected chi connectivity index (χ0v) is 12.8. The van der Waals surface area contributed by atoms with Crippen LogP contribution in [0.4, 0.5) is 0 Å². The number of aromatic nitrogens is 2. The maximum atomic E-state index is 5.10. The lowest BCUT2D eigenvalue weighted by molar-refractivity contribution is 0.201. The number of halogens is 1. The van der Waals surface area contributed by atoms with Gasteiger partial charge in [0.15, 0.2) is 0 Å². The fourth-order valence-corrected chi connectivity index (χ4v) is 3.14. The Kier molecular flexibility index (Phi) is 4.56. The molecule has 2 rings (SSSR count). The van der Waals surface area contributed by atoms with Crippen molar-refractivity contribution in [3.05, 3.63) is 16.2 Å². The van der Waals surface area contributed by atoms with E-state index in [0.717, 1.165) is 16.6 Å². The molecule has 0 radical (unpaired) electrons. The molecule has 0 amide bonds. The molecule has 1 aliphatic rings. The number of nitrogens with zero attached hydrogens (tertiary/aromatic N) is 3. The van der Waals surface area contributed by atoms with Gasteiger partial charge in [-0.2, -0.15) is 5.10 Å². The Hall–Kier alpha value is -0.680. The zero-order valence-electron chi connectivity index (χ0n) is 11.2. The van der Waals surface area contributed by atoms with Crippen LogP contribution in [0.25, 0.3) is 0 Å². The minimum atomic E-state index is 0.547. The molecule has 1 atom stereocenters. The van der Waals surface area contributed by atoms with Crippen LogP contribution >= 0.6 is 15.9 Å². The Bertz CT molecular complexity index is 411. The maximum Gasteiger partial charge on any atom is 0.247 e. The van der Waals surface area contributed by atoms with Gasteiger partial charge in [-0.25, -0.2) is 0 Å². The highest BCUT2D eigenvalue weighted by Gasteiger charge is 2.27. The van der Waals surface area contributed by atoms with Crippen molar-refractivity contribution in [2.24, 2.45) is 0 Å². The zero-order chi connectivity index (χ0) is 13.1. The smallest absolute Gasteiger partial charge is 0.247 e. The van der Waals surface area contributed by atoms with Gasteiger partial charge >= 0.3 is 0 Å².